The molecule has 0 aromatic heterocycles. The van der Waals surface area contributed by atoms with E-state index in [0.717, 1.165) is 11.1 Å². The van der Waals surface area contributed by atoms with E-state index in [2.05, 4.69) is 4.99 Å². The van der Waals surface area contributed by atoms with Crippen molar-refractivity contribution < 1.29 is 9.90 Å². The van der Waals surface area contributed by atoms with Crippen molar-refractivity contribution in [2.45, 2.75) is 6.92 Å². The zero-order valence-corrected chi connectivity index (χ0v) is 8.92. The molecule has 1 aliphatic rings. The van der Waals surface area contributed by atoms with Gasteiger partial charge in [-0.2, -0.15) is 0 Å². The summed E-state index contributed by atoms with van der Waals surface area (Å²) < 4.78 is 0. The first-order valence-corrected chi connectivity index (χ1v) is 4.98. The highest BCUT2D eigenvalue weighted by atomic mass is 16.4. The van der Waals surface area contributed by atoms with Crippen LogP contribution in [0, 0.1) is 6.92 Å². The van der Waals surface area contributed by atoms with E-state index < -0.39 is 6.09 Å². The summed E-state index contributed by atoms with van der Waals surface area (Å²) >= 11 is 0. The zero-order chi connectivity index (χ0) is 11.5. The van der Waals surface area contributed by atoms with E-state index in [1.165, 1.54) is 4.90 Å². The number of carboxylic acid groups (broad SMARTS) is 1. The molecule has 0 spiro atoms. The highest BCUT2D eigenvalue weighted by Gasteiger charge is 2.20. The fourth-order valence-electron chi connectivity index (χ4n) is 1.68. The van der Waals surface area contributed by atoms with Gasteiger partial charge in [0.2, 0.25) is 0 Å². The lowest BCUT2D eigenvalue weighted by Gasteiger charge is -2.23. The van der Waals surface area contributed by atoms with Gasteiger partial charge in [0.25, 0.3) is 0 Å². The third-order valence-corrected chi connectivity index (χ3v) is 2.51. The van der Waals surface area contributed by atoms with Gasteiger partial charge in [0.1, 0.15) is 0 Å². The molecule has 2 rings (SSSR count). The number of aliphatic imine (C=N–C) groups is 1. The lowest BCUT2D eigenvalue weighted by Crippen LogP contribution is -2.31. The summed E-state index contributed by atoms with van der Waals surface area (Å²) in [7, 11) is 0. The van der Waals surface area contributed by atoms with Gasteiger partial charge in [-0.15, -0.1) is 0 Å². The highest BCUT2D eigenvalue weighted by molar-refractivity contribution is 5.87. The number of aryl methyl sites for hydroxylation is 1. The van der Waals surface area contributed by atoms with Crippen LogP contribution in [-0.4, -0.2) is 28.9 Å². The van der Waals surface area contributed by atoms with Crippen LogP contribution in [0.25, 0.3) is 5.70 Å². The summed E-state index contributed by atoms with van der Waals surface area (Å²) in [5.41, 5.74) is 2.58. The standard InChI is InChI=1S/C12H12N2O2/c1-9-4-2-3-5-10(9)11-8-13-6-7-14(11)12(15)16/h2-6,8H,7H2,1H3,(H,15,16). The number of carbonyl (C=O) groups is 1. The molecule has 16 heavy (non-hydrogen) atoms. The second-order valence-electron chi connectivity index (χ2n) is 3.55. The molecule has 0 radical (unpaired) electrons. The first-order valence-electron chi connectivity index (χ1n) is 4.98. The van der Waals surface area contributed by atoms with Gasteiger partial charge in [0.15, 0.2) is 0 Å². The molecule has 0 saturated heterocycles. The third kappa shape index (κ3) is 1.82. The molecular weight excluding hydrogens is 204 g/mol. The van der Waals surface area contributed by atoms with Crippen LogP contribution in [0.4, 0.5) is 4.79 Å². The largest absolute Gasteiger partial charge is 0.465 e. The Labute approximate surface area is 93.5 Å². The Kier molecular flexibility index (Phi) is 2.72. The maximum absolute atomic E-state index is 11.1. The molecule has 82 valence electrons. The maximum atomic E-state index is 11.1. The van der Waals surface area contributed by atoms with Crippen LogP contribution in [0.5, 0.6) is 0 Å². The average molecular weight is 216 g/mol. The number of benzene rings is 1. The van der Waals surface area contributed by atoms with Gasteiger partial charge in [0, 0.05) is 11.8 Å². The molecule has 4 nitrogen and oxygen atoms in total. The number of hydrogen-bond acceptors (Lipinski definition) is 2. The molecule has 0 fully saturated rings. The predicted molar refractivity (Wildman–Crippen MR) is 62.4 cm³/mol. The van der Waals surface area contributed by atoms with Crippen LogP contribution in [-0.2, 0) is 0 Å². The zero-order valence-electron chi connectivity index (χ0n) is 8.92. The van der Waals surface area contributed by atoms with Crippen LogP contribution < -0.4 is 0 Å². The number of rotatable bonds is 1. The van der Waals surface area contributed by atoms with Gasteiger partial charge in [-0.1, -0.05) is 24.3 Å². The minimum atomic E-state index is -0.958. The topological polar surface area (TPSA) is 52.9 Å². The molecule has 1 aliphatic heterocycles. The summed E-state index contributed by atoms with van der Waals surface area (Å²) in [5.74, 6) is 0. The average Bonchev–Trinajstić information content (AvgIpc) is 2.29. The van der Waals surface area contributed by atoms with Crippen LogP contribution in [0.1, 0.15) is 11.1 Å². The summed E-state index contributed by atoms with van der Waals surface area (Å²) in [6.45, 7) is 2.25. The van der Waals surface area contributed by atoms with Crippen molar-refractivity contribution in [3.05, 3.63) is 41.6 Å². The van der Waals surface area contributed by atoms with Gasteiger partial charge in [0.05, 0.1) is 18.4 Å². The molecular formula is C12H12N2O2. The van der Waals surface area contributed by atoms with Crippen LogP contribution >= 0.6 is 0 Å². The molecule has 4 heteroatoms. The minimum absolute atomic E-state index is 0.301. The molecule has 1 aromatic carbocycles. The van der Waals surface area contributed by atoms with E-state index in [4.69, 9.17) is 5.11 Å². The Bertz CT molecular complexity index is 478. The Morgan fingerprint density at radius 2 is 2.19 bits per heavy atom. The molecule has 0 saturated carbocycles. The number of nitrogens with zero attached hydrogens (tertiary/aromatic N) is 2. The van der Waals surface area contributed by atoms with Crippen LogP contribution in [0.3, 0.4) is 0 Å². The first-order chi connectivity index (χ1) is 7.70. The molecule has 1 N–H and O–H groups in total. The van der Waals surface area contributed by atoms with Crippen molar-refractivity contribution in [2.24, 2.45) is 4.99 Å². The Morgan fingerprint density at radius 3 is 2.88 bits per heavy atom. The van der Waals surface area contributed by atoms with Gasteiger partial charge in [-0.3, -0.25) is 9.89 Å². The van der Waals surface area contributed by atoms with Crippen molar-refractivity contribution in [3.8, 4) is 0 Å². The smallest absolute Gasteiger partial charge is 0.412 e. The minimum Gasteiger partial charge on any atom is -0.465 e. The van der Waals surface area contributed by atoms with Gasteiger partial charge in [-0.05, 0) is 12.5 Å². The summed E-state index contributed by atoms with van der Waals surface area (Å²) in [4.78, 5) is 16.4. The first kappa shape index (κ1) is 10.4. The van der Waals surface area contributed by atoms with E-state index in [0.29, 0.717) is 12.2 Å². The van der Waals surface area contributed by atoms with Crippen LogP contribution in [0.2, 0.25) is 0 Å². The van der Waals surface area contributed by atoms with Crippen molar-refractivity contribution in [2.75, 3.05) is 6.54 Å². The molecule has 0 bridgehead atoms. The third-order valence-electron chi connectivity index (χ3n) is 2.51. The Morgan fingerprint density at radius 1 is 1.44 bits per heavy atom. The number of hydrogen-bond donors (Lipinski definition) is 1. The molecule has 1 amide bonds. The lowest BCUT2D eigenvalue weighted by atomic mass is 10.1. The Hall–Kier alpha value is -2.10. The fourth-order valence-corrected chi connectivity index (χ4v) is 1.68. The molecule has 1 heterocycles. The van der Waals surface area contributed by atoms with Gasteiger partial charge < -0.3 is 5.11 Å². The maximum Gasteiger partial charge on any atom is 0.412 e. The van der Waals surface area contributed by atoms with Crippen molar-refractivity contribution in [1.29, 1.82) is 0 Å². The highest BCUT2D eigenvalue weighted by Crippen LogP contribution is 2.23. The second-order valence-corrected chi connectivity index (χ2v) is 3.55. The SMILES string of the molecule is Cc1ccccc1C1=CN=CCN1C(=O)O. The molecule has 0 unspecified atom stereocenters. The molecule has 1 aromatic rings. The van der Waals surface area contributed by atoms with E-state index in [1.807, 2.05) is 31.2 Å². The number of amides is 1. The van der Waals surface area contributed by atoms with E-state index in [1.54, 1.807) is 12.4 Å². The Balaban J connectivity index is 2.45. The van der Waals surface area contributed by atoms with Gasteiger partial charge in [-0.25, -0.2) is 4.79 Å². The van der Waals surface area contributed by atoms with Crippen LogP contribution in [0.15, 0.2) is 35.5 Å². The molecule has 0 aliphatic carbocycles. The molecule has 0 atom stereocenters. The fraction of sp³-hybridized carbons (Fsp3) is 0.167. The van der Waals surface area contributed by atoms with E-state index in [9.17, 15) is 4.79 Å². The normalized spacial score (nSPS) is 14.8. The van der Waals surface area contributed by atoms with E-state index in [-0.39, 0.29) is 0 Å². The van der Waals surface area contributed by atoms with E-state index >= 15 is 0 Å². The summed E-state index contributed by atoms with van der Waals surface area (Å²) in [5, 5.41) is 9.08. The van der Waals surface area contributed by atoms with Gasteiger partial charge >= 0.3 is 6.09 Å². The monoisotopic (exact) mass is 216 g/mol. The lowest BCUT2D eigenvalue weighted by molar-refractivity contribution is 0.170. The van der Waals surface area contributed by atoms with Crippen molar-refractivity contribution in [1.82, 2.24) is 4.90 Å². The van der Waals surface area contributed by atoms with Crippen molar-refractivity contribution >= 4 is 18.0 Å². The van der Waals surface area contributed by atoms with Crippen molar-refractivity contribution in [3.63, 3.8) is 0 Å². The quantitative estimate of drug-likeness (QED) is 0.783. The summed E-state index contributed by atoms with van der Waals surface area (Å²) in [6, 6.07) is 7.67. The summed E-state index contributed by atoms with van der Waals surface area (Å²) in [6.07, 6.45) is 2.20. The second kappa shape index (κ2) is 4.18. The predicted octanol–water partition coefficient (Wildman–Crippen LogP) is 2.36.